The van der Waals surface area contributed by atoms with E-state index in [9.17, 15) is 0 Å². The summed E-state index contributed by atoms with van der Waals surface area (Å²) in [5.41, 5.74) is 2.19. The Morgan fingerprint density at radius 1 is 1.32 bits per heavy atom. The van der Waals surface area contributed by atoms with Crippen molar-refractivity contribution in [2.24, 2.45) is 4.99 Å². The quantitative estimate of drug-likeness (QED) is 0.303. The van der Waals surface area contributed by atoms with Gasteiger partial charge in [0, 0.05) is 43.0 Å². The number of thiazole rings is 1. The minimum absolute atomic E-state index is 0. The molecular formula is C20H29ClIN5S. The number of halogens is 2. The van der Waals surface area contributed by atoms with E-state index < -0.39 is 0 Å². The number of rotatable bonds is 7. The van der Waals surface area contributed by atoms with Crippen LogP contribution >= 0.6 is 46.9 Å². The fourth-order valence-corrected chi connectivity index (χ4v) is 4.39. The first-order chi connectivity index (χ1) is 13.2. The van der Waals surface area contributed by atoms with Crippen molar-refractivity contribution in [1.82, 2.24) is 15.6 Å². The van der Waals surface area contributed by atoms with Gasteiger partial charge in [0.2, 0.25) is 0 Å². The predicted molar refractivity (Wildman–Crippen MR) is 132 cm³/mol. The Hall–Kier alpha value is -1.06. The number of nitrogens with one attached hydrogen (secondary N) is 2. The molecule has 154 valence electrons. The molecule has 1 aromatic carbocycles. The third-order valence-electron chi connectivity index (χ3n) is 4.62. The van der Waals surface area contributed by atoms with E-state index in [1.807, 2.05) is 24.3 Å². The van der Waals surface area contributed by atoms with Crippen molar-refractivity contribution in [2.45, 2.75) is 39.2 Å². The molecule has 1 unspecified atom stereocenters. The van der Waals surface area contributed by atoms with Crippen molar-refractivity contribution in [3.63, 3.8) is 0 Å². The summed E-state index contributed by atoms with van der Waals surface area (Å²) in [5, 5.41) is 10.8. The van der Waals surface area contributed by atoms with Gasteiger partial charge in [-0.2, -0.15) is 0 Å². The predicted octanol–water partition coefficient (Wildman–Crippen LogP) is 4.87. The zero-order valence-corrected chi connectivity index (χ0v) is 20.4. The first-order valence-corrected chi connectivity index (χ1v) is 10.9. The number of anilines is 1. The molecular weight excluding hydrogens is 505 g/mol. The molecule has 0 saturated carbocycles. The summed E-state index contributed by atoms with van der Waals surface area (Å²) in [4.78, 5) is 11.9. The molecule has 28 heavy (non-hydrogen) atoms. The highest BCUT2D eigenvalue weighted by molar-refractivity contribution is 14.0. The van der Waals surface area contributed by atoms with Crippen LogP contribution in [-0.4, -0.2) is 37.1 Å². The highest BCUT2D eigenvalue weighted by atomic mass is 127. The number of benzene rings is 1. The lowest BCUT2D eigenvalue weighted by atomic mass is 10.1. The molecule has 0 aliphatic carbocycles. The first-order valence-electron chi connectivity index (χ1n) is 9.66. The van der Waals surface area contributed by atoms with Gasteiger partial charge in [-0.15, -0.1) is 35.3 Å². The molecule has 2 N–H and O–H groups in total. The molecule has 2 heterocycles. The highest BCUT2D eigenvalue weighted by Gasteiger charge is 2.15. The second-order valence-electron chi connectivity index (χ2n) is 6.71. The summed E-state index contributed by atoms with van der Waals surface area (Å²) in [6, 6.07) is 7.99. The molecule has 3 rings (SSSR count). The van der Waals surface area contributed by atoms with Crippen LogP contribution in [0, 0.1) is 0 Å². The Kier molecular flexibility index (Phi) is 9.81. The molecule has 0 amide bonds. The first kappa shape index (κ1) is 23.2. The Morgan fingerprint density at radius 2 is 2.07 bits per heavy atom. The standard InChI is InChI=1S/C20H28ClN5S.HI/c1-3-22-19(24-15(2)17-8-4-5-9-18(17)21)23-11-10-16-14-27-20(25-16)26-12-6-7-13-26;/h4-5,8-9,14-15H,3,6-7,10-13H2,1-2H3,(H2,22,23,24);1H. The normalized spacial score (nSPS) is 15.2. The lowest BCUT2D eigenvalue weighted by Crippen LogP contribution is -2.39. The Balaban J connectivity index is 0.00000280. The largest absolute Gasteiger partial charge is 0.357 e. The summed E-state index contributed by atoms with van der Waals surface area (Å²) >= 11 is 8.05. The van der Waals surface area contributed by atoms with E-state index in [0.29, 0.717) is 6.54 Å². The molecule has 1 aliphatic heterocycles. The van der Waals surface area contributed by atoms with E-state index in [4.69, 9.17) is 21.6 Å². The van der Waals surface area contributed by atoms with E-state index in [-0.39, 0.29) is 30.0 Å². The number of aromatic nitrogens is 1. The van der Waals surface area contributed by atoms with Gasteiger partial charge >= 0.3 is 0 Å². The molecule has 1 aromatic heterocycles. The number of aliphatic imine (C=N–C) groups is 1. The Bertz CT molecular complexity index is 761. The third kappa shape index (κ3) is 6.49. The van der Waals surface area contributed by atoms with E-state index in [2.05, 4.69) is 34.8 Å². The zero-order valence-electron chi connectivity index (χ0n) is 16.4. The van der Waals surface area contributed by atoms with Crippen LogP contribution in [0.4, 0.5) is 5.13 Å². The van der Waals surface area contributed by atoms with Gasteiger partial charge in [-0.3, -0.25) is 4.99 Å². The monoisotopic (exact) mass is 533 g/mol. The number of nitrogens with zero attached hydrogens (tertiary/aromatic N) is 3. The van der Waals surface area contributed by atoms with E-state index in [1.165, 1.54) is 12.8 Å². The lowest BCUT2D eigenvalue weighted by molar-refractivity contribution is 0.686. The van der Waals surface area contributed by atoms with Gasteiger partial charge in [-0.05, 0) is 38.3 Å². The van der Waals surface area contributed by atoms with Gasteiger partial charge in [0.1, 0.15) is 0 Å². The minimum atomic E-state index is 0. The second-order valence-corrected chi connectivity index (χ2v) is 7.96. The van der Waals surface area contributed by atoms with Gasteiger partial charge in [0.05, 0.1) is 11.7 Å². The molecule has 5 nitrogen and oxygen atoms in total. The van der Waals surface area contributed by atoms with Crippen LogP contribution in [0.25, 0.3) is 0 Å². The molecule has 1 fully saturated rings. The maximum absolute atomic E-state index is 6.31. The summed E-state index contributed by atoms with van der Waals surface area (Å²) < 4.78 is 0. The number of hydrogen-bond donors (Lipinski definition) is 2. The van der Waals surface area contributed by atoms with E-state index >= 15 is 0 Å². The van der Waals surface area contributed by atoms with Crippen LogP contribution in [0.15, 0.2) is 34.6 Å². The topological polar surface area (TPSA) is 52.6 Å². The minimum Gasteiger partial charge on any atom is -0.357 e. The van der Waals surface area contributed by atoms with Crippen molar-refractivity contribution >= 4 is 58.0 Å². The van der Waals surface area contributed by atoms with Crippen LogP contribution in [0.3, 0.4) is 0 Å². The van der Waals surface area contributed by atoms with Gasteiger partial charge in [-0.1, -0.05) is 29.8 Å². The molecule has 8 heteroatoms. The van der Waals surface area contributed by atoms with Crippen molar-refractivity contribution in [1.29, 1.82) is 0 Å². The molecule has 2 aromatic rings. The second kappa shape index (κ2) is 11.8. The fourth-order valence-electron chi connectivity index (χ4n) is 3.18. The summed E-state index contributed by atoms with van der Waals surface area (Å²) in [6.45, 7) is 7.96. The SMILES string of the molecule is CCNC(=NCCc1csc(N2CCCC2)n1)NC(C)c1ccccc1Cl.I. The van der Waals surface area contributed by atoms with E-state index in [0.717, 1.165) is 53.4 Å². The zero-order chi connectivity index (χ0) is 19.1. The molecule has 1 aliphatic rings. The maximum Gasteiger partial charge on any atom is 0.191 e. The van der Waals surface area contributed by atoms with Crippen molar-refractivity contribution in [3.05, 3.63) is 45.9 Å². The van der Waals surface area contributed by atoms with Crippen LogP contribution in [0.1, 0.15) is 44.0 Å². The number of hydrogen-bond acceptors (Lipinski definition) is 4. The average molecular weight is 534 g/mol. The summed E-state index contributed by atoms with van der Waals surface area (Å²) in [5.74, 6) is 0.805. The van der Waals surface area contributed by atoms with Crippen molar-refractivity contribution in [2.75, 3.05) is 31.1 Å². The average Bonchev–Trinajstić information content (AvgIpc) is 3.34. The van der Waals surface area contributed by atoms with Crippen LogP contribution in [0.2, 0.25) is 5.02 Å². The Labute approximate surface area is 194 Å². The maximum atomic E-state index is 6.31. The highest BCUT2D eigenvalue weighted by Crippen LogP contribution is 2.24. The fraction of sp³-hybridized carbons (Fsp3) is 0.500. The summed E-state index contributed by atoms with van der Waals surface area (Å²) in [6.07, 6.45) is 3.41. The van der Waals surface area contributed by atoms with Crippen LogP contribution in [-0.2, 0) is 6.42 Å². The van der Waals surface area contributed by atoms with Gasteiger partial charge < -0.3 is 15.5 Å². The smallest absolute Gasteiger partial charge is 0.191 e. The third-order valence-corrected chi connectivity index (χ3v) is 5.92. The van der Waals surface area contributed by atoms with Gasteiger partial charge in [-0.25, -0.2) is 4.98 Å². The van der Waals surface area contributed by atoms with Crippen molar-refractivity contribution < 1.29 is 0 Å². The molecule has 0 spiro atoms. The van der Waals surface area contributed by atoms with Crippen LogP contribution < -0.4 is 15.5 Å². The summed E-state index contributed by atoms with van der Waals surface area (Å²) in [7, 11) is 0. The lowest BCUT2D eigenvalue weighted by Gasteiger charge is -2.19. The Morgan fingerprint density at radius 3 is 2.79 bits per heavy atom. The van der Waals surface area contributed by atoms with Crippen LogP contribution in [0.5, 0.6) is 0 Å². The number of guanidine groups is 1. The van der Waals surface area contributed by atoms with E-state index in [1.54, 1.807) is 11.3 Å². The van der Waals surface area contributed by atoms with Crippen molar-refractivity contribution in [3.8, 4) is 0 Å². The van der Waals surface area contributed by atoms with Gasteiger partial charge in [0.15, 0.2) is 11.1 Å². The molecule has 1 saturated heterocycles. The molecule has 1 atom stereocenters. The molecule has 0 radical (unpaired) electrons. The molecule has 0 bridgehead atoms. The van der Waals surface area contributed by atoms with Gasteiger partial charge in [0.25, 0.3) is 0 Å².